The number of nitrogens with zero attached hydrogens (tertiary/aromatic N) is 2. The van der Waals surface area contributed by atoms with E-state index in [1.54, 1.807) is 0 Å². The maximum Gasteiger partial charge on any atom is 0.0772 e. The zero-order chi connectivity index (χ0) is 11.4. The van der Waals surface area contributed by atoms with E-state index in [1.807, 2.05) is 6.92 Å². The molecule has 0 amide bonds. The van der Waals surface area contributed by atoms with Crippen molar-refractivity contribution < 1.29 is 4.74 Å². The van der Waals surface area contributed by atoms with Gasteiger partial charge in [-0.25, -0.2) is 0 Å². The van der Waals surface area contributed by atoms with Crippen molar-refractivity contribution in [3.63, 3.8) is 0 Å². The summed E-state index contributed by atoms with van der Waals surface area (Å²) in [6.07, 6.45) is 2.27. The molecule has 0 saturated carbocycles. The topological polar surface area (TPSA) is 47.0 Å². The number of ether oxygens (including phenoxy) is 1. The van der Waals surface area contributed by atoms with Gasteiger partial charge in [0.05, 0.1) is 10.6 Å². The van der Waals surface area contributed by atoms with Gasteiger partial charge in [0.25, 0.3) is 0 Å². The first kappa shape index (κ1) is 12.0. The Morgan fingerprint density at radius 1 is 1.50 bits per heavy atom. The zero-order valence-electron chi connectivity index (χ0n) is 9.90. The number of aromatic nitrogens is 2. The third-order valence-corrected chi connectivity index (χ3v) is 4.04. The van der Waals surface area contributed by atoms with Crippen LogP contribution in [0.5, 0.6) is 0 Å². The summed E-state index contributed by atoms with van der Waals surface area (Å²) in [6, 6.07) is 0.411. The summed E-state index contributed by atoms with van der Waals surface area (Å²) >= 11 is 1.53. The van der Waals surface area contributed by atoms with E-state index in [9.17, 15) is 0 Å². The highest BCUT2D eigenvalue weighted by Gasteiger charge is 2.27. The van der Waals surface area contributed by atoms with Crippen molar-refractivity contribution in [1.82, 2.24) is 14.9 Å². The standard InChI is InChI=1S/C11H19N3OS/c1-3-12-10(9-4-6-15-7-5-9)11-8(2)13-14-16-11/h9-10,12H,3-7H2,1-2H3. The molecular weight excluding hydrogens is 222 g/mol. The number of aryl methyl sites for hydroxylation is 1. The fourth-order valence-corrected chi connectivity index (χ4v) is 3.08. The molecule has 4 nitrogen and oxygen atoms in total. The third-order valence-electron chi connectivity index (χ3n) is 3.13. The average Bonchev–Trinajstić information content (AvgIpc) is 2.73. The second kappa shape index (κ2) is 5.70. The van der Waals surface area contributed by atoms with Gasteiger partial charge in [-0.2, -0.15) is 0 Å². The predicted octanol–water partition coefficient (Wildman–Crippen LogP) is 1.92. The second-order valence-electron chi connectivity index (χ2n) is 4.21. The molecule has 2 rings (SSSR count). The Balaban J connectivity index is 2.12. The first-order valence-electron chi connectivity index (χ1n) is 5.93. The molecule has 1 aromatic heterocycles. The van der Waals surface area contributed by atoms with Gasteiger partial charge in [-0.3, -0.25) is 0 Å². The van der Waals surface area contributed by atoms with Gasteiger partial charge in [-0.05, 0) is 43.8 Å². The molecule has 90 valence electrons. The van der Waals surface area contributed by atoms with Crippen LogP contribution in [-0.4, -0.2) is 29.3 Å². The Kier molecular flexibility index (Phi) is 4.26. The normalized spacial score (nSPS) is 19.9. The van der Waals surface area contributed by atoms with Crippen molar-refractivity contribution in [2.75, 3.05) is 19.8 Å². The molecule has 1 fully saturated rings. The highest BCUT2D eigenvalue weighted by Crippen LogP contribution is 2.32. The summed E-state index contributed by atoms with van der Waals surface area (Å²) in [5.74, 6) is 0.662. The summed E-state index contributed by atoms with van der Waals surface area (Å²) in [5.41, 5.74) is 1.07. The van der Waals surface area contributed by atoms with E-state index < -0.39 is 0 Å². The molecular formula is C11H19N3OS. The van der Waals surface area contributed by atoms with Crippen molar-refractivity contribution in [1.29, 1.82) is 0 Å². The highest BCUT2D eigenvalue weighted by atomic mass is 32.1. The lowest BCUT2D eigenvalue weighted by atomic mass is 9.90. The van der Waals surface area contributed by atoms with Gasteiger partial charge >= 0.3 is 0 Å². The maximum absolute atomic E-state index is 5.42. The van der Waals surface area contributed by atoms with Crippen LogP contribution in [-0.2, 0) is 4.74 Å². The van der Waals surface area contributed by atoms with Crippen molar-refractivity contribution >= 4 is 11.5 Å². The minimum Gasteiger partial charge on any atom is -0.381 e. The van der Waals surface area contributed by atoms with Gasteiger partial charge in [0.15, 0.2) is 0 Å². The minimum absolute atomic E-state index is 0.411. The summed E-state index contributed by atoms with van der Waals surface area (Å²) in [7, 11) is 0. The Morgan fingerprint density at radius 2 is 2.25 bits per heavy atom. The summed E-state index contributed by atoms with van der Waals surface area (Å²) in [5, 5.41) is 7.68. The van der Waals surface area contributed by atoms with Gasteiger partial charge in [0.2, 0.25) is 0 Å². The lowest BCUT2D eigenvalue weighted by Crippen LogP contribution is -2.32. The van der Waals surface area contributed by atoms with Crippen LogP contribution in [0, 0.1) is 12.8 Å². The van der Waals surface area contributed by atoms with Gasteiger partial charge in [0, 0.05) is 19.3 Å². The molecule has 1 unspecified atom stereocenters. The Hall–Kier alpha value is -0.520. The third kappa shape index (κ3) is 2.59. The van der Waals surface area contributed by atoms with E-state index in [0.29, 0.717) is 12.0 Å². The van der Waals surface area contributed by atoms with Crippen molar-refractivity contribution in [3.8, 4) is 0 Å². The van der Waals surface area contributed by atoms with Crippen LogP contribution in [0.15, 0.2) is 0 Å². The lowest BCUT2D eigenvalue weighted by Gasteiger charge is -2.30. The van der Waals surface area contributed by atoms with Crippen LogP contribution in [0.4, 0.5) is 0 Å². The molecule has 1 aliphatic rings. The van der Waals surface area contributed by atoms with E-state index >= 15 is 0 Å². The molecule has 1 aliphatic heterocycles. The lowest BCUT2D eigenvalue weighted by molar-refractivity contribution is 0.0541. The van der Waals surface area contributed by atoms with Gasteiger partial charge in [0.1, 0.15) is 0 Å². The van der Waals surface area contributed by atoms with Gasteiger partial charge in [-0.15, -0.1) is 5.10 Å². The molecule has 1 saturated heterocycles. The number of hydrogen-bond donors (Lipinski definition) is 1. The first-order valence-corrected chi connectivity index (χ1v) is 6.70. The smallest absolute Gasteiger partial charge is 0.0772 e. The van der Waals surface area contributed by atoms with Crippen LogP contribution in [0.25, 0.3) is 0 Å². The fourth-order valence-electron chi connectivity index (χ4n) is 2.27. The van der Waals surface area contributed by atoms with Crippen LogP contribution < -0.4 is 5.32 Å². The van der Waals surface area contributed by atoms with E-state index in [-0.39, 0.29) is 0 Å². The molecule has 0 aromatic carbocycles. The quantitative estimate of drug-likeness (QED) is 0.875. The van der Waals surface area contributed by atoms with E-state index in [0.717, 1.165) is 38.3 Å². The van der Waals surface area contributed by atoms with Crippen LogP contribution in [0.2, 0.25) is 0 Å². The fraction of sp³-hybridized carbons (Fsp3) is 0.818. The molecule has 2 heterocycles. The SMILES string of the molecule is CCNC(c1snnc1C)C1CCOCC1. The molecule has 0 spiro atoms. The molecule has 16 heavy (non-hydrogen) atoms. The van der Waals surface area contributed by atoms with Crippen molar-refractivity contribution in [2.24, 2.45) is 5.92 Å². The Bertz CT molecular complexity index is 323. The van der Waals surface area contributed by atoms with Crippen LogP contribution in [0.1, 0.15) is 36.4 Å². The molecule has 0 aliphatic carbocycles. The molecule has 1 aromatic rings. The van der Waals surface area contributed by atoms with Crippen molar-refractivity contribution in [3.05, 3.63) is 10.6 Å². The molecule has 1 atom stereocenters. The number of rotatable bonds is 4. The van der Waals surface area contributed by atoms with Gasteiger partial charge < -0.3 is 10.1 Å². The summed E-state index contributed by atoms with van der Waals surface area (Å²) in [6.45, 7) is 6.95. The molecule has 1 N–H and O–H groups in total. The second-order valence-corrected chi connectivity index (χ2v) is 4.99. The van der Waals surface area contributed by atoms with Gasteiger partial charge in [-0.1, -0.05) is 11.4 Å². The molecule has 5 heteroatoms. The van der Waals surface area contributed by atoms with E-state index in [2.05, 4.69) is 21.8 Å². The largest absolute Gasteiger partial charge is 0.381 e. The maximum atomic E-state index is 5.42. The number of hydrogen-bond acceptors (Lipinski definition) is 5. The Morgan fingerprint density at radius 3 is 2.81 bits per heavy atom. The number of nitrogens with one attached hydrogen (secondary N) is 1. The first-order chi connectivity index (χ1) is 7.83. The monoisotopic (exact) mass is 241 g/mol. The average molecular weight is 241 g/mol. The van der Waals surface area contributed by atoms with E-state index in [1.165, 1.54) is 16.4 Å². The molecule has 0 bridgehead atoms. The van der Waals surface area contributed by atoms with E-state index in [4.69, 9.17) is 4.74 Å². The highest BCUT2D eigenvalue weighted by molar-refractivity contribution is 7.05. The van der Waals surface area contributed by atoms with Crippen LogP contribution >= 0.6 is 11.5 Å². The van der Waals surface area contributed by atoms with Crippen molar-refractivity contribution in [2.45, 2.75) is 32.7 Å². The summed E-state index contributed by atoms with van der Waals surface area (Å²) in [4.78, 5) is 1.30. The summed E-state index contributed by atoms with van der Waals surface area (Å²) < 4.78 is 9.46. The Labute approximate surface area is 101 Å². The minimum atomic E-state index is 0.411. The predicted molar refractivity (Wildman–Crippen MR) is 64.6 cm³/mol. The molecule has 0 radical (unpaired) electrons. The van der Waals surface area contributed by atoms with Crippen LogP contribution in [0.3, 0.4) is 0 Å². The zero-order valence-corrected chi connectivity index (χ0v) is 10.7.